The Hall–Kier alpha value is -2.71. The summed E-state index contributed by atoms with van der Waals surface area (Å²) in [5, 5.41) is 6.92. The molecular formula is C19H17BrFN3O3. The number of nitrogens with zero attached hydrogens (tertiary/aromatic N) is 2. The van der Waals surface area contributed by atoms with Gasteiger partial charge >= 0.3 is 0 Å². The molecule has 1 heterocycles. The molecule has 6 nitrogen and oxygen atoms in total. The molecule has 0 aliphatic carbocycles. The van der Waals surface area contributed by atoms with Crippen molar-refractivity contribution >= 4 is 27.5 Å². The van der Waals surface area contributed by atoms with E-state index < -0.39 is 11.7 Å². The second kappa shape index (κ2) is 8.79. The summed E-state index contributed by atoms with van der Waals surface area (Å²) in [6, 6.07) is 13.0. The van der Waals surface area contributed by atoms with E-state index >= 15 is 0 Å². The lowest BCUT2D eigenvalue weighted by molar-refractivity contribution is 0.102. The number of carbonyl (C=O) groups is 1. The maximum atomic E-state index is 13.6. The molecule has 0 fully saturated rings. The van der Waals surface area contributed by atoms with Gasteiger partial charge in [-0.15, -0.1) is 0 Å². The lowest BCUT2D eigenvalue weighted by Crippen LogP contribution is -2.15. The van der Waals surface area contributed by atoms with Gasteiger partial charge in [0.15, 0.2) is 5.69 Å². The van der Waals surface area contributed by atoms with Crippen molar-refractivity contribution in [2.45, 2.75) is 0 Å². The second-order valence-electron chi connectivity index (χ2n) is 5.56. The van der Waals surface area contributed by atoms with E-state index in [0.29, 0.717) is 12.4 Å². The standard InChI is InChI=1S/C19H17BrFN3O3/c1-26-9-10-27-18-6-5-14(21)12-17(18)22-19(25)16-7-8-24(23-16)15-4-2-3-13(20)11-15/h2-8,11-12H,9-10H2,1H3,(H,22,25). The Balaban J connectivity index is 1.77. The van der Waals surface area contributed by atoms with Crippen LogP contribution < -0.4 is 10.1 Å². The van der Waals surface area contributed by atoms with E-state index in [-0.39, 0.29) is 18.0 Å². The smallest absolute Gasteiger partial charge is 0.276 e. The third kappa shape index (κ3) is 4.93. The van der Waals surface area contributed by atoms with Crippen LogP contribution in [-0.2, 0) is 4.74 Å². The van der Waals surface area contributed by atoms with Crippen molar-refractivity contribution < 1.29 is 18.7 Å². The van der Waals surface area contributed by atoms with E-state index in [1.165, 1.54) is 18.2 Å². The predicted octanol–water partition coefficient (Wildman–Crippen LogP) is 4.05. The van der Waals surface area contributed by atoms with Crippen molar-refractivity contribution in [2.75, 3.05) is 25.6 Å². The normalized spacial score (nSPS) is 10.6. The minimum absolute atomic E-state index is 0.196. The zero-order valence-electron chi connectivity index (χ0n) is 14.5. The molecule has 0 radical (unpaired) electrons. The first-order chi connectivity index (χ1) is 13.1. The van der Waals surface area contributed by atoms with Crippen LogP contribution in [0.15, 0.2) is 59.2 Å². The Morgan fingerprint density at radius 3 is 2.85 bits per heavy atom. The number of amides is 1. The van der Waals surface area contributed by atoms with Crippen molar-refractivity contribution in [3.05, 3.63) is 70.7 Å². The molecule has 1 aromatic heterocycles. The molecule has 0 atom stereocenters. The van der Waals surface area contributed by atoms with Gasteiger partial charge in [-0.3, -0.25) is 4.79 Å². The van der Waals surface area contributed by atoms with E-state index in [1.807, 2.05) is 24.3 Å². The third-order valence-electron chi connectivity index (χ3n) is 3.63. The molecule has 0 saturated carbocycles. The Kier molecular flexibility index (Phi) is 6.20. The fourth-order valence-electron chi connectivity index (χ4n) is 2.35. The van der Waals surface area contributed by atoms with Crippen LogP contribution in [0.4, 0.5) is 10.1 Å². The fourth-order valence-corrected chi connectivity index (χ4v) is 2.74. The van der Waals surface area contributed by atoms with Gasteiger partial charge < -0.3 is 14.8 Å². The summed E-state index contributed by atoms with van der Waals surface area (Å²) in [6.07, 6.45) is 1.68. The molecule has 0 aliphatic heterocycles. The van der Waals surface area contributed by atoms with E-state index in [1.54, 1.807) is 24.1 Å². The number of anilines is 1. The van der Waals surface area contributed by atoms with Crippen LogP contribution in [-0.4, -0.2) is 36.0 Å². The van der Waals surface area contributed by atoms with Crippen molar-refractivity contribution in [3.8, 4) is 11.4 Å². The van der Waals surface area contributed by atoms with Crippen molar-refractivity contribution in [3.63, 3.8) is 0 Å². The van der Waals surface area contributed by atoms with Crippen LogP contribution in [0, 0.1) is 5.82 Å². The molecule has 0 unspecified atom stereocenters. The summed E-state index contributed by atoms with van der Waals surface area (Å²) in [6.45, 7) is 0.657. The van der Waals surface area contributed by atoms with Gasteiger partial charge in [-0.05, 0) is 36.4 Å². The second-order valence-corrected chi connectivity index (χ2v) is 6.48. The van der Waals surface area contributed by atoms with Crippen LogP contribution in [0.1, 0.15) is 10.5 Å². The number of carbonyl (C=O) groups excluding carboxylic acids is 1. The average molecular weight is 434 g/mol. The molecule has 0 spiro atoms. The van der Waals surface area contributed by atoms with Crippen LogP contribution in [0.25, 0.3) is 5.69 Å². The first kappa shape index (κ1) is 19.1. The van der Waals surface area contributed by atoms with Gasteiger partial charge in [0.1, 0.15) is 18.2 Å². The number of aromatic nitrogens is 2. The molecule has 3 rings (SSSR count). The first-order valence-electron chi connectivity index (χ1n) is 8.11. The summed E-state index contributed by atoms with van der Waals surface area (Å²) in [5.41, 5.74) is 1.23. The fraction of sp³-hybridized carbons (Fsp3) is 0.158. The number of rotatable bonds is 7. The highest BCUT2D eigenvalue weighted by molar-refractivity contribution is 9.10. The van der Waals surface area contributed by atoms with E-state index in [0.717, 1.165) is 10.2 Å². The molecule has 8 heteroatoms. The van der Waals surface area contributed by atoms with Gasteiger partial charge in [-0.1, -0.05) is 22.0 Å². The van der Waals surface area contributed by atoms with E-state index in [9.17, 15) is 9.18 Å². The molecule has 2 aromatic carbocycles. The maximum absolute atomic E-state index is 13.6. The Labute approximate surface area is 164 Å². The van der Waals surface area contributed by atoms with Crippen LogP contribution in [0.3, 0.4) is 0 Å². The average Bonchev–Trinajstić information content (AvgIpc) is 3.14. The number of hydrogen-bond donors (Lipinski definition) is 1. The number of benzene rings is 2. The van der Waals surface area contributed by atoms with E-state index in [2.05, 4.69) is 26.3 Å². The molecule has 140 valence electrons. The largest absolute Gasteiger partial charge is 0.489 e. The molecule has 0 aliphatic rings. The zero-order chi connectivity index (χ0) is 19.2. The summed E-state index contributed by atoms with van der Waals surface area (Å²) >= 11 is 3.40. The number of methoxy groups -OCH3 is 1. The highest BCUT2D eigenvalue weighted by Gasteiger charge is 2.14. The highest BCUT2D eigenvalue weighted by atomic mass is 79.9. The van der Waals surface area contributed by atoms with Gasteiger partial charge in [0.2, 0.25) is 0 Å². The molecule has 1 N–H and O–H groups in total. The first-order valence-corrected chi connectivity index (χ1v) is 8.90. The van der Waals surface area contributed by atoms with Gasteiger partial charge in [-0.25, -0.2) is 9.07 Å². The quantitative estimate of drug-likeness (QED) is 0.570. The van der Waals surface area contributed by atoms with Crippen molar-refractivity contribution in [1.82, 2.24) is 9.78 Å². The lowest BCUT2D eigenvalue weighted by atomic mass is 10.2. The van der Waals surface area contributed by atoms with E-state index in [4.69, 9.17) is 9.47 Å². The van der Waals surface area contributed by atoms with Crippen molar-refractivity contribution in [2.24, 2.45) is 0 Å². The monoisotopic (exact) mass is 433 g/mol. The Morgan fingerprint density at radius 2 is 2.07 bits per heavy atom. The number of hydrogen-bond acceptors (Lipinski definition) is 4. The summed E-state index contributed by atoms with van der Waals surface area (Å²) in [4.78, 5) is 12.5. The van der Waals surface area contributed by atoms with Crippen LogP contribution >= 0.6 is 15.9 Å². The van der Waals surface area contributed by atoms with Crippen LogP contribution in [0.5, 0.6) is 5.75 Å². The minimum atomic E-state index is -0.482. The number of nitrogens with one attached hydrogen (secondary N) is 1. The van der Waals surface area contributed by atoms with Gasteiger partial charge in [0.05, 0.1) is 18.0 Å². The van der Waals surface area contributed by atoms with Gasteiger partial charge in [0, 0.05) is 23.8 Å². The summed E-state index contributed by atoms with van der Waals surface area (Å²) in [7, 11) is 1.55. The van der Waals surface area contributed by atoms with Gasteiger partial charge in [0.25, 0.3) is 5.91 Å². The third-order valence-corrected chi connectivity index (χ3v) is 4.12. The minimum Gasteiger partial charge on any atom is -0.489 e. The molecule has 0 saturated heterocycles. The zero-order valence-corrected chi connectivity index (χ0v) is 16.1. The SMILES string of the molecule is COCCOc1ccc(F)cc1NC(=O)c1ccn(-c2cccc(Br)c2)n1. The Morgan fingerprint density at radius 1 is 1.22 bits per heavy atom. The lowest BCUT2D eigenvalue weighted by Gasteiger charge is -2.12. The molecule has 27 heavy (non-hydrogen) atoms. The summed E-state index contributed by atoms with van der Waals surface area (Å²) < 4.78 is 26.5. The number of ether oxygens (including phenoxy) is 2. The van der Waals surface area contributed by atoms with Crippen molar-refractivity contribution in [1.29, 1.82) is 0 Å². The topological polar surface area (TPSA) is 65.4 Å². The number of halogens is 2. The highest BCUT2D eigenvalue weighted by Crippen LogP contribution is 2.26. The van der Waals surface area contributed by atoms with Gasteiger partial charge in [-0.2, -0.15) is 5.10 Å². The van der Waals surface area contributed by atoms with Crippen LogP contribution in [0.2, 0.25) is 0 Å². The summed E-state index contributed by atoms with van der Waals surface area (Å²) in [5.74, 6) is -0.594. The maximum Gasteiger partial charge on any atom is 0.276 e. The molecule has 1 amide bonds. The molecule has 0 bridgehead atoms. The molecular weight excluding hydrogens is 417 g/mol. The predicted molar refractivity (Wildman–Crippen MR) is 103 cm³/mol. The molecule has 3 aromatic rings. The Bertz CT molecular complexity index is 945.